The van der Waals surface area contributed by atoms with Crippen LogP contribution in [0.1, 0.15) is 32.8 Å². The van der Waals surface area contributed by atoms with Crippen molar-refractivity contribution in [1.82, 2.24) is 0 Å². The van der Waals surface area contributed by atoms with Crippen molar-refractivity contribution in [2.45, 2.75) is 50.4 Å². The largest absolute Gasteiger partial charge is 0.512 e. The molecule has 1 unspecified atom stereocenters. The summed E-state index contributed by atoms with van der Waals surface area (Å²) in [5.74, 6) is 0.580. The normalized spacial score (nSPS) is 22.4. The first-order valence-electron chi connectivity index (χ1n) is 8.26. The molecule has 0 bridgehead atoms. The highest BCUT2D eigenvalue weighted by Crippen LogP contribution is 2.58. The lowest BCUT2D eigenvalue weighted by Gasteiger charge is -2.50. The van der Waals surface area contributed by atoms with Crippen LogP contribution in [0.15, 0.2) is 54.0 Å². The van der Waals surface area contributed by atoms with Gasteiger partial charge in [0.1, 0.15) is 11.5 Å². The molecule has 3 nitrogen and oxygen atoms in total. The summed E-state index contributed by atoms with van der Waals surface area (Å²) in [7, 11) is -1.98. The Labute approximate surface area is 145 Å². The molecule has 130 valence electrons. The van der Waals surface area contributed by atoms with Crippen molar-refractivity contribution in [3.63, 3.8) is 0 Å². The van der Waals surface area contributed by atoms with E-state index in [9.17, 15) is 15.3 Å². The zero-order valence-electron chi connectivity index (χ0n) is 15.2. The first-order valence-corrected chi connectivity index (χ1v) is 11.3. The molecular formula is C20H28O3Si. The lowest BCUT2D eigenvalue weighted by Crippen LogP contribution is -2.49. The molecule has 0 aliphatic heterocycles. The highest BCUT2D eigenvalue weighted by atomic mass is 28.3. The Bertz CT molecular complexity index is 691. The number of allylic oxidation sites excluding steroid dienone is 4. The van der Waals surface area contributed by atoms with Gasteiger partial charge in [0.25, 0.3) is 0 Å². The van der Waals surface area contributed by atoms with E-state index in [0.717, 1.165) is 5.56 Å². The quantitative estimate of drug-likeness (QED) is 0.594. The van der Waals surface area contributed by atoms with Gasteiger partial charge in [0.05, 0.1) is 13.8 Å². The average molecular weight is 345 g/mol. The Morgan fingerprint density at radius 1 is 1.04 bits per heavy atom. The van der Waals surface area contributed by atoms with Crippen LogP contribution in [0.3, 0.4) is 0 Å². The van der Waals surface area contributed by atoms with E-state index < -0.39 is 8.07 Å². The maximum atomic E-state index is 10.2. The van der Waals surface area contributed by atoms with E-state index in [0.29, 0.717) is 6.42 Å². The van der Waals surface area contributed by atoms with E-state index in [1.807, 2.05) is 24.3 Å². The van der Waals surface area contributed by atoms with Crippen LogP contribution in [0.2, 0.25) is 23.2 Å². The van der Waals surface area contributed by atoms with Crippen LogP contribution in [0.4, 0.5) is 0 Å². The summed E-state index contributed by atoms with van der Waals surface area (Å²) in [5, 5.41) is 29.5. The van der Waals surface area contributed by atoms with Crippen molar-refractivity contribution >= 4 is 14.1 Å². The third-order valence-electron chi connectivity index (χ3n) is 5.70. The van der Waals surface area contributed by atoms with E-state index in [1.54, 1.807) is 12.1 Å². The Hall–Kier alpha value is -1.94. The van der Waals surface area contributed by atoms with E-state index in [4.69, 9.17) is 0 Å². The van der Waals surface area contributed by atoms with Crippen LogP contribution < -0.4 is 0 Å². The summed E-state index contributed by atoms with van der Waals surface area (Å²) in [4.78, 5) is 0. The highest BCUT2D eigenvalue weighted by Gasteiger charge is 2.51. The number of rotatable bonds is 3. The van der Waals surface area contributed by atoms with E-state index in [2.05, 4.69) is 39.9 Å². The van der Waals surface area contributed by atoms with Crippen molar-refractivity contribution < 1.29 is 15.3 Å². The Balaban J connectivity index is 2.53. The molecule has 4 heteroatoms. The summed E-state index contributed by atoms with van der Waals surface area (Å²) >= 11 is 0. The first-order chi connectivity index (χ1) is 11.0. The van der Waals surface area contributed by atoms with Crippen molar-refractivity contribution in [2.24, 2.45) is 0 Å². The van der Waals surface area contributed by atoms with Crippen LogP contribution >= 0.6 is 0 Å². The molecule has 1 aliphatic carbocycles. The van der Waals surface area contributed by atoms with Crippen molar-refractivity contribution in [2.75, 3.05) is 0 Å². The second-order valence-corrected chi connectivity index (χ2v) is 13.9. The molecule has 0 amide bonds. The molecule has 1 aromatic carbocycles. The molecule has 0 spiro atoms. The number of phenolic OH excluding ortho intramolecular Hbond substituents is 1. The third kappa shape index (κ3) is 3.43. The second kappa shape index (κ2) is 6.17. The fourth-order valence-electron chi connectivity index (χ4n) is 3.12. The summed E-state index contributed by atoms with van der Waals surface area (Å²) in [5.41, 5.74) is 0.979. The molecular weight excluding hydrogens is 316 g/mol. The second-order valence-electron chi connectivity index (χ2n) is 8.22. The molecule has 0 heterocycles. The molecule has 24 heavy (non-hydrogen) atoms. The van der Waals surface area contributed by atoms with Gasteiger partial charge >= 0.3 is 0 Å². The molecule has 0 saturated heterocycles. The van der Waals surface area contributed by atoms with Crippen molar-refractivity contribution in [3.8, 4) is 5.75 Å². The first kappa shape index (κ1) is 18.4. The van der Waals surface area contributed by atoms with Gasteiger partial charge in [0.2, 0.25) is 0 Å². The van der Waals surface area contributed by atoms with Gasteiger partial charge in [-0.2, -0.15) is 0 Å². The van der Waals surface area contributed by atoms with Gasteiger partial charge in [-0.25, -0.2) is 0 Å². The van der Waals surface area contributed by atoms with Gasteiger partial charge in [-0.15, -0.1) is 0 Å². The molecule has 0 aromatic heterocycles. The van der Waals surface area contributed by atoms with Gasteiger partial charge in [-0.3, -0.25) is 0 Å². The van der Waals surface area contributed by atoms with Crippen molar-refractivity contribution in [3.05, 3.63) is 59.6 Å². The van der Waals surface area contributed by atoms with Gasteiger partial charge < -0.3 is 15.3 Å². The van der Waals surface area contributed by atoms with Gasteiger partial charge in [0.15, 0.2) is 0 Å². The molecule has 1 aromatic rings. The average Bonchev–Trinajstić information content (AvgIpc) is 2.44. The number of phenols is 1. The maximum Gasteiger partial charge on any atom is 0.115 e. The molecule has 1 atom stereocenters. The van der Waals surface area contributed by atoms with Crippen LogP contribution in [0.5, 0.6) is 5.75 Å². The number of hydrogen-bond donors (Lipinski definition) is 3. The van der Waals surface area contributed by atoms with Gasteiger partial charge in [-0.1, -0.05) is 58.2 Å². The SMILES string of the molecule is CC(C)(C)[Si](C)(C)C1(C=Cc2ccc(O)cc2)C=C(O)C=C(O)C1. The fourth-order valence-corrected chi connectivity index (χ4v) is 6.15. The molecule has 3 N–H and O–H groups in total. The minimum atomic E-state index is -1.98. The fraction of sp³-hybridized carbons (Fsp3) is 0.400. The summed E-state index contributed by atoms with van der Waals surface area (Å²) in [6.07, 6.45) is 7.97. The van der Waals surface area contributed by atoms with E-state index in [-0.39, 0.29) is 27.3 Å². The number of aromatic hydroxyl groups is 1. The highest BCUT2D eigenvalue weighted by molar-refractivity contribution is 6.84. The Morgan fingerprint density at radius 2 is 1.62 bits per heavy atom. The van der Waals surface area contributed by atoms with Crippen LogP contribution in [0, 0.1) is 0 Å². The number of hydrogen-bond acceptors (Lipinski definition) is 3. The minimum Gasteiger partial charge on any atom is -0.512 e. The predicted molar refractivity (Wildman–Crippen MR) is 103 cm³/mol. The Morgan fingerprint density at radius 3 is 2.12 bits per heavy atom. The third-order valence-corrected chi connectivity index (χ3v) is 12.3. The van der Waals surface area contributed by atoms with E-state index >= 15 is 0 Å². The van der Waals surface area contributed by atoms with Crippen LogP contribution in [-0.4, -0.2) is 23.4 Å². The molecule has 0 radical (unpaired) electrons. The molecule has 0 fully saturated rings. The predicted octanol–water partition coefficient (Wildman–Crippen LogP) is 5.94. The summed E-state index contributed by atoms with van der Waals surface area (Å²) in [6.45, 7) is 11.3. The molecule has 1 aliphatic rings. The lowest BCUT2D eigenvalue weighted by atomic mass is 9.95. The molecule has 0 saturated carbocycles. The smallest absolute Gasteiger partial charge is 0.115 e. The van der Waals surface area contributed by atoms with Crippen LogP contribution in [0.25, 0.3) is 6.08 Å². The Kier molecular flexibility index (Phi) is 4.73. The van der Waals surface area contributed by atoms with Gasteiger partial charge in [-0.05, 0) is 28.8 Å². The zero-order chi connectivity index (χ0) is 18.2. The number of aliphatic hydroxyl groups is 2. The number of aliphatic hydroxyl groups excluding tert-OH is 2. The summed E-state index contributed by atoms with van der Waals surface area (Å²) < 4.78 is 0. The van der Waals surface area contributed by atoms with E-state index in [1.165, 1.54) is 6.08 Å². The monoisotopic (exact) mass is 344 g/mol. The van der Waals surface area contributed by atoms with Gasteiger partial charge in [0, 0.05) is 17.5 Å². The standard InChI is InChI=1S/C20H28O3Si/c1-19(2,3)24(4,5)20(13-17(22)12-18(23)14-20)11-10-15-6-8-16(21)9-7-15/h6-13,21-23H,14H2,1-5H3. The zero-order valence-corrected chi connectivity index (χ0v) is 16.2. The topological polar surface area (TPSA) is 60.7 Å². The minimum absolute atomic E-state index is 0.0840. The maximum absolute atomic E-state index is 10.2. The van der Waals surface area contributed by atoms with Crippen molar-refractivity contribution in [1.29, 1.82) is 0 Å². The molecule has 2 rings (SSSR count). The summed E-state index contributed by atoms with van der Waals surface area (Å²) in [6, 6.07) is 7.02. The lowest BCUT2D eigenvalue weighted by molar-refractivity contribution is 0.350. The number of benzene rings is 1. The van der Waals surface area contributed by atoms with Crippen LogP contribution in [-0.2, 0) is 0 Å².